The van der Waals surface area contributed by atoms with Crippen molar-refractivity contribution >= 4 is 26.7 Å². The lowest BCUT2D eigenvalue weighted by Crippen LogP contribution is -2.31. The van der Waals surface area contributed by atoms with Crippen molar-refractivity contribution in [2.45, 2.75) is 25.7 Å². The minimum atomic E-state index is 0.690. The second-order valence-corrected chi connectivity index (χ2v) is 6.44. The quantitative estimate of drug-likeness (QED) is 0.898. The van der Waals surface area contributed by atoms with Gasteiger partial charge in [-0.15, -0.1) is 0 Å². The van der Waals surface area contributed by atoms with Gasteiger partial charge in [0.25, 0.3) is 0 Å². The highest BCUT2D eigenvalue weighted by atomic mass is 32.1. The van der Waals surface area contributed by atoms with Gasteiger partial charge >= 0.3 is 0 Å². The van der Waals surface area contributed by atoms with E-state index in [-0.39, 0.29) is 0 Å². The second-order valence-electron chi connectivity index (χ2n) is 5.41. The number of thiazole rings is 1. The Bertz CT molecular complexity index is 504. The van der Waals surface area contributed by atoms with E-state index in [1.54, 1.807) is 11.3 Å². The van der Waals surface area contributed by atoms with Gasteiger partial charge < -0.3 is 11.1 Å². The highest BCUT2D eigenvalue weighted by Gasteiger charge is 2.23. The highest BCUT2D eigenvalue weighted by molar-refractivity contribution is 7.22. The number of nitrogens with one attached hydrogen (secondary N) is 1. The molecule has 1 heterocycles. The lowest BCUT2D eigenvalue weighted by atomic mass is 9.79. The maximum atomic E-state index is 5.88. The summed E-state index contributed by atoms with van der Waals surface area (Å²) < 4.78 is 1.25. The summed E-state index contributed by atoms with van der Waals surface area (Å²) in [7, 11) is 0. The molecule has 3 nitrogen and oxygen atoms in total. The highest BCUT2D eigenvalue weighted by Crippen LogP contribution is 2.31. The number of para-hydroxylation sites is 1. The number of fused-ring (bicyclic) bond motifs is 1. The van der Waals surface area contributed by atoms with Gasteiger partial charge in [0.15, 0.2) is 5.13 Å². The minimum absolute atomic E-state index is 0.690. The molecule has 2 unspecified atom stereocenters. The van der Waals surface area contributed by atoms with Crippen LogP contribution in [0.5, 0.6) is 0 Å². The fraction of sp³-hybridized carbons (Fsp3) is 0.533. The van der Waals surface area contributed by atoms with Crippen LogP contribution in [0.25, 0.3) is 10.2 Å². The molecule has 0 spiro atoms. The predicted octanol–water partition coefficient (Wildman–Crippen LogP) is 3.47. The molecule has 2 atom stereocenters. The van der Waals surface area contributed by atoms with Crippen LogP contribution in [0, 0.1) is 11.8 Å². The molecule has 0 saturated heterocycles. The first-order valence-electron chi connectivity index (χ1n) is 7.16. The molecule has 1 aliphatic rings. The van der Waals surface area contributed by atoms with Crippen molar-refractivity contribution in [3.05, 3.63) is 24.3 Å². The molecule has 1 aromatic carbocycles. The van der Waals surface area contributed by atoms with Crippen LogP contribution in [0.15, 0.2) is 24.3 Å². The summed E-state index contributed by atoms with van der Waals surface area (Å²) in [4.78, 5) is 4.62. The molecule has 1 fully saturated rings. The fourth-order valence-electron chi connectivity index (χ4n) is 3.03. The van der Waals surface area contributed by atoms with E-state index in [9.17, 15) is 0 Å². The van der Waals surface area contributed by atoms with Crippen molar-refractivity contribution in [2.24, 2.45) is 17.6 Å². The monoisotopic (exact) mass is 275 g/mol. The molecule has 19 heavy (non-hydrogen) atoms. The first-order chi connectivity index (χ1) is 9.36. The van der Waals surface area contributed by atoms with Crippen molar-refractivity contribution < 1.29 is 0 Å². The zero-order chi connectivity index (χ0) is 13.1. The van der Waals surface area contributed by atoms with Crippen molar-refractivity contribution in [3.63, 3.8) is 0 Å². The van der Waals surface area contributed by atoms with Crippen LogP contribution < -0.4 is 11.1 Å². The molecule has 1 aromatic heterocycles. The van der Waals surface area contributed by atoms with Crippen LogP contribution in [0.1, 0.15) is 25.7 Å². The van der Waals surface area contributed by atoms with E-state index < -0.39 is 0 Å². The first kappa shape index (κ1) is 12.9. The van der Waals surface area contributed by atoms with E-state index >= 15 is 0 Å². The summed E-state index contributed by atoms with van der Waals surface area (Å²) in [5, 5.41) is 4.56. The molecular weight excluding hydrogens is 254 g/mol. The number of nitrogens with two attached hydrogens (primary N) is 1. The number of rotatable bonds is 4. The zero-order valence-electron chi connectivity index (χ0n) is 11.1. The molecule has 1 aliphatic carbocycles. The average Bonchev–Trinajstić information content (AvgIpc) is 2.88. The Morgan fingerprint density at radius 2 is 2.00 bits per heavy atom. The maximum absolute atomic E-state index is 5.88. The van der Waals surface area contributed by atoms with Crippen molar-refractivity contribution in [3.8, 4) is 0 Å². The van der Waals surface area contributed by atoms with Crippen LogP contribution in [-0.2, 0) is 0 Å². The van der Waals surface area contributed by atoms with E-state index in [0.29, 0.717) is 11.8 Å². The van der Waals surface area contributed by atoms with Gasteiger partial charge in [0.1, 0.15) is 0 Å². The number of nitrogens with zero attached hydrogens (tertiary/aromatic N) is 1. The summed E-state index contributed by atoms with van der Waals surface area (Å²) >= 11 is 1.74. The summed E-state index contributed by atoms with van der Waals surface area (Å²) in [6, 6.07) is 8.30. The predicted molar refractivity (Wildman–Crippen MR) is 82.6 cm³/mol. The number of aromatic nitrogens is 1. The lowest BCUT2D eigenvalue weighted by molar-refractivity contribution is 0.255. The van der Waals surface area contributed by atoms with Gasteiger partial charge in [-0.2, -0.15) is 0 Å². The molecule has 0 bridgehead atoms. The minimum Gasteiger partial charge on any atom is -0.361 e. The SMILES string of the molecule is NCC1CCCCC1CNc1nc2ccccc2s1. The van der Waals surface area contributed by atoms with Crippen molar-refractivity contribution in [1.82, 2.24) is 4.98 Å². The molecule has 102 valence electrons. The number of hydrogen-bond donors (Lipinski definition) is 2. The molecule has 0 amide bonds. The molecular formula is C15H21N3S. The van der Waals surface area contributed by atoms with Gasteiger partial charge in [0.2, 0.25) is 0 Å². The number of anilines is 1. The van der Waals surface area contributed by atoms with Gasteiger partial charge in [-0.25, -0.2) is 4.98 Å². The summed E-state index contributed by atoms with van der Waals surface area (Å²) in [6.07, 6.45) is 5.30. The standard InChI is InChI=1S/C15H21N3S/c16-9-11-5-1-2-6-12(11)10-17-15-18-13-7-3-4-8-14(13)19-15/h3-4,7-8,11-12H,1-2,5-6,9-10,16H2,(H,17,18). The third-order valence-electron chi connectivity index (χ3n) is 4.18. The van der Waals surface area contributed by atoms with Crippen LogP contribution >= 0.6 is 11.3 Å². The van der Waals surface area contributed by atoms with Crippen molar-refractivity contribution in [1.29, 1.82) is 0 Å². The van der Waals surface area contributed by atoms with E-state index in [2.05, 4.69) is 28.5 Å². The van der Waals surface area contributed by atoms with Crippen LogP contribution in [0.4, 0.5) is 5.13 Å². The molecule has 3 rings (SSSR count). The fourth-order valence-corrected chi connectivity index (χ4v) is 3.90. The van der Waals surface area contributed by atoms with Gasteiger partial charge in [-0.05, 0) is 43.4 Å². The first-order valence-corrected chi connectivity index (χ1v) is 7.98. The molecule has 3 N–H and O–H groups in total. The Morgan fingerprint density at radius 1 is 1.21 bits per heavy atom. The number of benzene rings is 1. The van der Waals surface area contributed by atoms with Gasteiger partial charge in [-0.1, -0.05) is 36.3 Å². The normalized spacial score (nSPS) is 23.6. The maximum Gasteiger partial charge on any atom is 0.183 e. The third-order valence-corrected chi connectivity index (χ3v) is 5.17. The van der Waals surface area contributed by atoms with Crippen molar-refractivity contribution in [2.75, 3.05) is 18.4 Å². The van der Waals surface area contributed by atoms with Crippen LogP contribution in [0.2, 0.25) is 0 Å². The second kappa shape index (κ2) is 5.88. The summed E-state index contributed by atoms with van der Waals surface area (Å²) in [6.45, 7) is 1.84. The molecule has 2 aromatic rings. The average molecular weight is 275 g/mol. The Balaban J connectivity index is 1.64. The van der Waals surface area contributed by atoms with E-state index in [1.807, 2.05) is 6.07 Å². The Morgan fingerprint density at radius 3 is 2.79 bits per heavy atom. The summed E-state index contributed by atoms with van der Waals surface area (Å²) in [5.74, 6) is 1.40. The zero-order valence-corrected chi connectivity index (χ0v) is 12.0. The molecule has 4 heteroatoms. The largest absolute Gasteiger partial charge is 0.361 e. The van der Waals surface area contributed by atoms with Gasteiger partial charge in [-0.3, -0.25) is 0 Å². The lowest BCUT2D eigenvalue weighted by Gasteiger charge is -2.30. The van der Waals surface area contributed by atoms with E-state index in [1.165, 1.54) is 30.4 Å². The Hall–Kier alpha value is -1.13. The van der Waals surface area contributed by atoms with Crippen LogP contribution in [-0.4, -0.2) is 18.1 Å². The Labute approximate surface area is 118 Å². The third kappa shape index (κ3) is 2.90. The van der Waals surface area contributed by atoms with E-state index in [4.69, 9.17) is 5.73 Å². The molecule has 0 aliphatic heterocycles. The van der Waals surface area contributed by atoms with E-state index in [0.717, 1.165) is 23.7 Å². The molecule has 1 saturated carbocycles. The Kier molecular flexibility index (Phi) is 3.99. The molecule has 0 radical (unpaired) electrons. The topological polar surface area (TPSA) is 50.9 Å². The number of hydrogen-bond acceptors (Lipinski definition) is 4. The summed E-state index contributed by atoms with van der Waals surface area (Å²) in [5.41, 5.74) is 6.97. The van der Waals surface area contributed by atoms with Crippen LogP contribution in [0.3, 0.4) is 0 Å². The van der Waals surface area contributed by atoms with Gasteiger partial charge in [0.05, 0.1) is 10.2 Å². The van der Waals surface area contributed by atoms with Gasteiger partial charge in [0, 0.05) is 6.54 Å². The smallest absolute Gasteiger partial charge is 0.183 e.